The van der Waals surface area contributed by atoms with E-state index < -0.39 is 58.7 Å². The second-order valence-electron chi connectivity index (χ2n) is 10.5. The Morgan fingerprint density at radius 3 is 2.51 bits per heavy atom. The lowest BCUT2D eigenvalue weighted by Crippen LogP contribution is -2.71. The van der Waals surface area contributed by atoms with E-state index in [0.717, 1.165) is 5.56 Å². The highest BCUT2D eigenvalue weighted by atomic mass is 16.3. The number of rotatable bonds is 3. The van der Waals surface area contributed by atoms with Crippen molar-refractivity contribution >= 4 is 17.5 Å². The number of amides is 1. The molecule has 1 aromatic heterocycles. The number of aryl methyl sites for hydroxylation is 1. The zero-order valence-corrected chi connectivity index (χ0v) is 20.7. The summed E-state index contributed by atoms with van der Waals surface area (Å²) in [5, 5.41) is 44.7. The van der Waals surface area contributed by atoms with Crippen molar-refractivity contribution in [2.45, 2.75) is 37.5 Å². The lowest BCUT2D eigenvalue weighted by atomic mass is 9.56. The van der Waals surface area contributed by atoms with Crippen LogP contribution in [0.5, 0.6) is 5.75 Å². The van der Waals surface area contributed by atoms with Crippen LogP contribution in [0.25, 0.3) is 11.3 Å². The van der Waals surface area contributed by atoms with Crippen molar-refractivity contribution in [1.82, 2.24) is 9.88 Å². The fourth-order valence-corrected chi connectivity index (χ4v) is 6.53. The second kappa shape index (κ2) is 8.47. The first-order valence-electron chi connectivity index (χ1n) is 12.1. The summed E-state index contributed by atoms with van der Waals surface area (Å²) >= 11 is 0. The van der Waals surface area contributed by atoms with Crippen molar-refractivity contribution in [1.29, 1.82) is 0 Å². The van der Waals surface area contributed by atoms with E-state index in [1.807, 2.05) is 19.1 Å². The van der Waals surface area contributed by atoms with Gasteiger partial charge >= 0.3 is 0 Å². The predicted molar refractivity (Wildman–Crippen MR) is 131 cm³/mol. The average molecular weight is 508 g/mol. The number of aliphatic hydroxyl groups excluding tert-OH is 2. The molecule has 6 atom stereocenters. The highest BCUT2D eigenvalue weighted by Gasteiger charge is 2.66. The quantitative estimate of drug-likeness (QED) is 0.374. The van der Waals surface area contributed by atoms with Crippen LogP contribution in [0, 0.1) is 24.7 Å². The number of fused-ring (bicyclic) bond motifs is 3. The van der Waals surface area contributed by atoms with Crippen molar-refractivity contribution in [2.24, 2.45) is 23.5 Å². The molecular formula is C27H29N3O7. The van der Waals surface area contributed by atoms with Crippen LogP contribution >= 0.6 is 0 Å². The van der Waals surface area contributed by atoms with Crippen LogP contribution in [0.15, 0.2) is 41.8 Å². The maximum absolute atomic E-state index is 13.8. The molecular weight excluding hydrogens is 478 g/mol. The smallest absolute Gasteiger partial charge is 0.230 e. The van der Waals surface area contributed by atoms with Crippen molar-refractivity contribution in [2.75, 3.05) is 14.1 Å². The molecule has 194 valence electrons. The van der Waals surface area contributed by atoms with E-state index >= 15 is 0 Å². The molecule has 3 aliphatic carbocycles. The van der Waals surface area contributed by atoms with Gasteiger partial charge in [-0.1, -0.05) is 0 Å². The number of hydrogen-bond donors (Lipinski definition) is 5. The van der Waals surface area contributed by atoms with Crippen LogP contribution in [0.3, 0.4) is 0 Å². The SMILES string of the molecule is Cc1ccnc(-c2ccc(O)c3c2C[C@H]2C[C@H]4[C@H](N(C)C)C(O)C(C(N)=O)C(=O)[C@@]4(O)C(O)=C2C3=O)c1. The van der Waals surface area contributed by atoms with Crippen molar-refractivity contribution in [3.8, 4) is 17.0 Å². The number of carbonyl (C=O) groups excluding carboxylic acids is 3. The number of Topliss-reactive ketones (excluding diaryl/α,β-unsaturated/α-hetero) is 2. The first-order valence-corrected chi connectivity index (χ1v) is 12.1. The van der Waals surface area contributed by atoms with Gasteiger partial charge in [0, 0.05) is 29.3 Å². The number of nitrogens with zero attached hydrogens (tertiary/aromatic N) is 2. The summed E-state index contributed by atoms with van der Waals surface area (Å²) in [6.07, 6.45) is 0.422. The number of nitrogens with two attached hydrogens (primary N) is 1. The molecule has 1 fully saturated rings. The number of aromatic hydroxyl groups is 1. The normalized spacial score (nSPS) is 31.1. The molecule has 0 saturated heterocycles. The van der Waals surface area contributed by atoms with Gasteiger partial charge in [0.25, 0.3) is 0 Å². The molecule has 1 saturated carbocycles. The molecule has 0 bridgehead atoms. The van der Waals surface area contributed by atoms with Crippen molar-refractivity contribution in [3.05, 3.63) is 58.5 Å². The van der Waals surface area contributed by atoms with Crippen LogP contribution < -0.4 is 5.73 Å². The first-order chi connectivity index (χ1) is 17.4. The molecule has 10 nitrogen and oxygen atoms in total. The van der Waals surface area contributed by atoms with Gasteiger partial charge < -0.3 is 31.1 Å². The molecule has 37 heavy (non-hydrogen) atoms. The van der Waals surface area contributed by atoms with E-state index in [2.05, 4.69) is 4.98 Å². The van der Waals surface area contributed by atoms with E-state index in [9.17, 15) is 34.8 Å². The fraction of sp³-hybridized carbons (Fsp3) is 0.407. The molecule has 6 N–H and O–H groups in total. The number of carbonyl (C=O) groups is 3. The zero-order chi connectivity index (χ0) is 27.0. The van der Waals surface area contributed by atoms with E-state index in [-0.39, 0.29) is 29.7 Å². The van der Waals surface area contributed by atoms with Crippen molar-refractivity contribution < 1.29 is 34.8 Å². The number of likely N-dealkylation sites (N-methyl/N-ethyl adjacent to an activating group) is 1. The van der Waals surface area contributed by atoms with E-state index in [1.165, 1.54) is 6.07 Å². The Kier molecular flexibility index (Phi) is 5.74. The van der Waals surface area contributed by atoms with Gasteiger partial charge in [0.2, 0.25) is 5.91 Å². The van der Waals surface area contributed by atoms with Gasteiger partial charge in [0.1, 0.15) is 17.4 Å². The Bertz CT molecular complexity index is 1380. The number of aromatic nitrogens is 1. The standard InChI is InChI=1S/C27H29N3O7/c1-11-6-7-29-16(8-11)13-4-5-17(31)19-14(13)9-12-10-15-21(30(2)3)23(33)20(26(28)36)25(35)27(15,37)24(34)18(12)22(19)32/h4-8,12,15,20-21,23,31,33-34,37H,9-10H2,1-3H3,(H2,28,36)/t12-,15-,20?,21-,23?,27-/m0/s1. The number of primary amides is 1. The molecule has 0 spiro atoms. The van der Waals surface area contributed by atoms with Gasteiger partial charge in [-0.25, -0.2) is 0 Å². The summed E-state index contributed by atoms with van der Waals surface area (Å²) < 4.78 is 0. The minimum atomic E-state index is -2.60. The summed E-state index contributed by atoms with van der Waals surface area (Å²) in [6.45, 7) is 1.91. The summed E-state index contributed by atoms with van der Waals surface area (Å²) in [5.41, 5.74) is 5.38. The van der Waals surface area contributed by atoms with Gasteiger partial charge in [-0.2, -0.15) is 0 Å². The lowest BCUT2D eigenvalue weighted by Gasteiger charge is -2.53. The van der Waals surface area contributed by atoms with Crippen LogP contribution in [-0.4, -0.2) is 79.6 Å². The molecule has 1 amide bonds. The van der Waals surface area contributed by atoms with Gasteiger partial charge in [0.15, 0.2) is 17.2 Å². The minimum absolute atomic E-state index is 0.0282. The van der Waals surface area contributed by atoms with Gasteiger partial charge in [-0.05, 0) is 75.2 Å². The Morgan fingerprint density at radius 2 is 1.89 bits per heavy atom. The van der Waals surface area contributed by atoms with Gasteiger partial charge in [-0.3, -0.25) is 19.4 Å². The molecule has 3 aliphatic rings. The van der Waals surface area contributed by atoms with Crippen LogP contribution in [-0.2, 0) is 16.0 Å². The summed E-state index contributed by atoms with van der Waals surface area (Å²) in [5.74, 6) is -7.55. The van der Waals surface area contributed by atoms with E-state index in [0.29, 0.717) is 16.8 Å². The second-order valence-corrected chi connectivity index (χ2v) is 10.5. The van der Waals surface area contributed by atoms with E-state index in [1.54, 1.807) is 31.3 Å². The maximum Gasteiger partial charge on any atom is 0.230 e. The van der Waals surface area contributed by atoms with Crippen LogP contribution in [0.1, 0.15) is 27.9 Å². The van der Waals surface area contributed by atoms with Crippen LogP contribution in [0.2, 0.25) is 0 Å². The molecule has 0 radical (unpaired) electrons. The molecule has 1 heterocycles. The van der Waals surface area contributed by atoms with Crippen molar-refractivity contribution in [3.63, 3.8) is 0 Å². The Hall–Kier alpha value is -3.60. The number of phenolic OH excluding ortho intramolecular Hbond substituents is 1. The highest BCUT2D eigenvalue weighted by molar-refractivity contribution is 6.16. The first kappa shape index (κ1) is 25.1. The Morgan fingerprint density at radius 1 is 1.19 bits per heavy atom. The third-order valence-electron chi connectivity index (χ3n) is 8.17. The zero-order valence-electron chi connectivity index (χ0n) is 20.7. The third-order valence-corrected chi connectivity index (χ3v) is 8.17. The number of pyridine rings is 1. The number of allylic oxidation sites excluding steroid dienone is 1. The number of phenols is 1. The molecule has 5 rings (SSSR count). The monoisotopic (exact) mass is 507 g/mol. The number of aliphatic hydroxyl groups is 3. The molecule has 2 unspecified atom stereocenters. The third kappa shape index (κ3) is 3.43. The number of ketones is 2. The highest BCUT2D eigenvalue weighted by Crippen LogP contribution is 2.53. The predicted octanol–water partition coefficient (Wildman–Crippen LogP) is 0.656. The largest absolute Gasteiger partial charge is 0.508 e. The number of hydrogen-bond acceptors (Lipinski definition) is 9. The van der Waals surface area contributed by atoms with Gasteiger partial charge in [0.05, 0.1) is 17.4 Å². The molecule has 0 aliphatic heterocycles. The van der Waals surface area contributed by atoms with E-state index in [4.69, 9.17) is 5.73 Å². The minimum Gasteiger partial charge on any atom is -0.508 e. The Labute approximate surface area is 213 Å². The van der Waals surface area contributed by atoms with Gasteiger partial charge in [-0.15, -0.1) is 0 Å². The maximum atomic E-state index is 13.8. The fourth-order valence-electron chi connectivity index (χ4n) is 6.53. The molecule has 1 aromatic carbocycles. The summed E-state index contributed by atoms with van der Waals surface area (Å²) in [4.78, 5) is 45.3. The molecule has 10 heteroatoms. The van der Waals surface area contributed by atoms with Crippen LogP contribution in [0.4, 0.5) is 0 Å². The lowest BCUT2D eigenvalue weighted by molar-refractivity contribution is -0.178. The average Bonchev–Trinajstić information content (AvgIpc) is 2.81. The topological polar surface area (TPSA) is 174 Å². The summed E-state index contributed by atoms with van der Waals surface area (Å²) in [7, 11) is 3.25. The summed E-state index contributed by atoms with van der Waals surface area (Å²) in [6, 6.07) is 5.85. The number of benzene rings is 1. The Balaban J connectivity index is 1.72. The molecule has 2 aromatic rings.